The smallest absolute Gasteiger partial charge is 0.365 e. The number of amides is 2. The van der Waals surface area contributed by atoms with Gasteiger partial charge in [0.05, 0.1) is 23.6 Å². The van der Waals surface area contributed by atoms with E-state index >= 15 is 0 Å². The summed E-state index contributed by atoms with van der Waals surface area (Å²) in [5, 5.41) is 11.1. The molecule has 0 atom stereocenters. The van der Waals surface area contributed by atoms with E-state index in [1.165, 1.54) is 17.1 Å². The second kappa shape index (κ2) is 8.24. The maximum absolute atomic E-state index is 13.6. The predicted octanol–water partition coefficient (Wildman–Crippen LogP) is 3.90. The third kappa shape index (κ3) is 3.81. The van der Waals surface area contributed by atoms with Crippen molar-refractivity contribution in [2.75, 3.05) is 5.32 Å². The number of carbonyl (C=O) groups excluding carboxylic acids is 2. The summed E-state index contributed by atoms with van der Waals surface area (Å²) in [4.78, 5) is 28.9. The SMILES string of the molecule is CCn1ncc(C(=O)Nc2c(C(N)=O)sc3nc(C(F)(F)F)cc(-c4cnn(C)c4C)c23)c1C. The highest BCUT2D eigenvalue weighted by atomic mass is 32.1. The first-order valence-corrected chi connectivity index (χ1v) is 10.9. The largest absolute Gasteiger partial charge is 0.433 e. The van der Waals surface area contributed by atoms with Gasteiger partial charge in [0, 0.05) is 35.9 Å². The molecule has 9 nitrogen and oxygen atoms in total. The van der Waals surface area contributed by atoms with Crippen LogP contribution in [-0.2, 0) is 19.8 Å². The third-order valence-electron chi connectivity index (χ3n) is 5.59. The molecule has 4 heterocycles. The van der Waals surface area contributed by atoms with Gasteiger partial charge in [-0.2, -0.15) is 23.4 Å². The Morgan fingerprint density at radius 3 is 2.38 bits per heavy atom. The molecular weight excluding hydrogens is 471 g/mol. The number of aryl methyl sites for hydroxylation is 2. The van der Waals surface area contributed by atoms with E-state index in [0.717, 1.165) is 6.07 Å². The summed E-state index contributed by atoms with van der Waals surface area (Å²) in [7, 11) is 1.65. The number of hydrogen-bond acceptors (Lipinski definition) is 6. The van der Waals surface area contributed by atoms with Crippen molar-refractivity contribution in [3.05, 3.63) is 46.0 Å². The number of rotatable bonds is 5. The number of nitrogens with two attached hydrogens (primary N) is 1. The quantitative estimate of drug-likeness (QED) is 0.439. The number of pyridine rings is 1. The molecule has 0 saturated heterocycles. The van der Waals surface area contributed by atoms with E-state index in [9.17, 15) is 22.8 Å². The summed E-state index contributed by atoms with van der Waals surface area (Å²) in [6.45, 7) is 5.82. The fourth-order valence-electron chi connectivity index (χ4n) is 3.68. The molecule has 4 aromatic heterocycles. The highest BCUT2D eigenvalue weighted by Gasteiger charge is 2.35. The summed E-state index contributed by atoms with van der Waals surface area (Å²) in [5.74, 6) is -1.48. The van der Waals surface area contributed by atoms with E-state index in [2.05, 4.69) is 20.5 Å². The summed E-state index contributed by atoms with van der Waals surface area (Å²) in [6, 6.07) is 0.889. The molecule has 0 fully saturated rings. The molecule has 178 valence electrons. The number of hydrogen-bond donors (Lipinski definition) is 2. The fraction of sp³-hybridized carbons (Fsp3) is 0.286. The van der Waals surface area contributed by atoms with Gasteiger partial charge < -0.3 is 11.1 Å². The number of aromatic nitrogens is 5. The number of anilines is 1. The molecule has 0 radical (unpaired) electrons. The van der Waals surface area contributed by atoms with E-state index in [1.807, 2.05) is 6.92 Å². The minimum Gasteiger partial charge on any atom is -0.365 e. The lowest BCUT2D eigenvalue weighted by Crippen LogP contribution is -2.17. The van der Waals surface area contributed by atoms with Crippen LogP contribution in [-0.4, -0.2) is 36.4 Å². The zero-order valence-electron chi connectivity index (χ0n) is 18.6. The van der Waals surface area contributed by atoms with Gasteiger partial charge >= 0.3 is 6.18 Å². The van der Waals surface area contributed by atoms with Crippen LogP contribution in [0.15, 0.2) is 18.5 Å². The number of thiophene rings is 1. The zero-order chi connectivity index (χ0) is 24.9. The van der Waals surface area contributed by atoms with Crippen molar-refractivity contribution in [3.63, 3.8) is 0 Å². The molecule has 0 saturated carbocycles. The molecule has 4 aromatic rings. The molecule has 3 N–H and O–H groups in total. The lowest BCUT2D eigenvalue weighted by molar-refractivity contribution is -0.140. The third-order valence-corrected chi connectivity index (χ3v) is 6.69. The second-order valence-electron chi connectivity index (χ2n) is 7.58. The highest BCUT2D eigenvalue weighted by molar-refractivity contribution is 7.21. The molecule has 34 heavy (non-hydrogen) atoms. The molecule has 4 rings (SSSR count). The Hall–Kier alpha value is -3.74. The lowest BCUT2D eigenvalue weighted by Gasteiger charge is -2.12. The number of nitrogens with one attached hydrogen (secondary N) is 1. The Kier molecular flexibility index (Phi) is 5.67. The van der Waals surface area contributed by atoms with Crippen LogP contribution in [0.1, 0.15) is 44.0 Å². The van der Waals surface area contributed by atoms with E-state index in [1.54, 1.807) is 25.6 Å². The van der Waals surface area contributed by atoms with Gasteiger partial charge in [-0.25, -0.2) is 4.98 Å². The van der Waals surface area contributed by atoms with Crippen LogP contribution in [0.5, 0.6) is 0 Å². The van der Waals surface area contributed by atoms with E-state index in [0.29, 0.717) is 34.8 Å². The fourth-order valence-corrected chi connectivity index (χ4v) is 4.69. The van der Waals surface area contributed by atoms with Crippen molar-refractivity contribution in [2.24, 2.45) is 12.8 Å². The normalized spacial score (nSPS) is 11.9. The van der Waals surface area contributed by atoms with Gasteiger partial charge in [0.1, 0.15) is 15.4 Å². The van der Waals surface area contributed by atoms with Gasteiger partial charge in [-0.05, 0) is 32.4 Å². The van der Waals surface area contributed by atoms with E-state index < -0.39 is 23.7 Å². The van der Waals surface area contributed by atoms with Gasteiger partial charge in [-0.1, -0.05) is 0 Å². The molecule has 0 aromatic carbocycles. The average molecular weight is 491 g/mol. The number of fused-ring (bicyclic) bond motifs is 1. The van der Waals surface area contributed by atoms with Crippen LogP contribution in [0.4, 0.5) is 18.9 Å². The average Bonchev–Trinajstić information content (AvgIpc) is 3.42. The standard InChI is InChI=1S/C21H20F3N7O2S/c1-5-31-10(3)13(8-27-31)19(33)29-16-15-11(12-7-26-30(4)9(12)2)6-14(21(22,23)24)28-20(15)34-17(16)18(25)32/h6-8H,5H2,1-4H3,(H2,25,32)(H,29,33). The van der Waals surface area contributed by atoms with Gasteiger partial charge in [0.2, 0.25) is 0 Å². The van der Waals surface area contributed by atoms with Crippen LogP contribution in [0.2, 0.25) is 0 Å². The maximum atomic E-state index is 13.6. The van der Waals surface area contributed by atoms with Crippen LogP contribution < -0.4 is 11.1 Å². The number of primary amides is 1. The number of nitrogens with zero attached hydrogens (tertiary/aromatic N) is 5. The van der Waals surface area contributed by atoms with Crippen molar-refractivity contribution in [2.45, 2.75) is 33.5 Å². The molecule has 0 unspecified atom stereocenters. The van der Waals surface area contributed by atoms with Crippen molar-refractivity contribution in [1.29, 1.82) is 0 Å². The highest BCUT2D eigenvalue weighted by Crippen LogP contribution is 2.44. The monoisotopic (exact) mass is 491 g/mol. The molecule has 13 heteroatoms. The van der Waals surface area contributed by atoms with Gasteiger partial charge in [0.15, 0.2) is 0 Å². The number of alkyl halides is 3. The summed E-state index contributed by atoms with van der Waals surface area (Å²) < 4.78 is 44.1. The van der Waals surface area contributed by atoms with Gasteiger partial charge in [-0.15, -0.1) is 11.3 Å². The molecule has 0 bridgehead atoms. The minimum atomic E-state index is -4.73. The van der Waals surface area contributed by atoms with Crippen LogP contribution >= 0.6 is 11.3 Å². The first-order chi connectivity index (χ1) is 15.9. The Balaban J connectivity index is 1.99. The van der Waals surface area contributed by atoms with Crippen molar-refractivity contribution in [1.82, 2.24) is 24.5 Å². The summed E-state index contributed by atoms with van der Waals surface area (Å²) >= 11 is 0.686. The van der Waals surface area contributed by atoms with E-state index in [-0.39, 0.29) is 31.9 Å². The molecule has 0 aliphatic carbocycles. The van der Waals surface area contributed by atoms with Crippen LogP contribution in [0.3, 0.4) is 0 Å². The van der Waals surface area contributed by atoms with Crippen LogP contribution in [0, 0.1) is 13.8 Å². The number of halogens is 3. The first-order valence-electron chi connectivity index (χ1n) is 10.1. The Morgan fingerprint density at radius 1 is 1.15 bits per heavy atom. The molecular formula is C21H20F3N7O2S. The van der Waals surface area contributed by atoms with E-state index in [4.69, 9.17) is 5.73 Å². The first kappa shape index (κ1) is 23.4. The van der Waals surface area contributed by atoms with Gasteiger partial charge in [0.25, 0.3) is 11.8 Å². The number of carbonyl (C=O) groups is 2. The van der Waals surface area contributed by atoms with Crippen molar-refractivity contribution in [3.8, 4) is 11.1 Å². The Labute approximate surface area is 195 Å². The second-order valence-corrected chi connectivity index (χ2v) is 8.58. The molecule has 2 amide bonds. The summed E-state index contributed by atoms with van der Waals surface area (Å²) in [6.07, 6.45) is -1.92. The molecule has 0 spiro atoms. The summed E-state index contributed by atoms with van der Waals surface area (Å²) in [5.41, 5.74) is 6.38. The van der Waals surface area contributed by atoms with Crippen LogP contribution in [0.25, 0.3) is 21.3 Å². The predicted molar refractivity (Wildman–Crippen MR) is 121 cm³/mol. The Bertz CT molecular complexity index is 1450. The van der Waals surface area contributed by atoms with Crippen molar-refractivity contribution < 1.29 is 22.8 Å². The van der Waals surface area contributed by atoms with Gasteiger partial charge in [-0.3, -0.25) is 19.0 Å². The topological polar surface area (TPSA) is 121 Å². The lowest BCUT2D eigenvalue weighted by atomic mass is 10.0. The maximum Gasteiger partial charge on any atom is 0.433 e. The van der Waals surface area contributed by atoms with Crippen molar-refractivity contribution >= 4 is 39.1 Å². The molecule has 0 aliphatic heterocycles. The zero-order valence-corrected chi connectivity index (χ0v) is 19.4. The molecule has 0 aliphatic rings. The minimum absolute atomic E-state index is 0.000580. The Morgan fingerprint density at radius 2 is 1.85 bits per heavy atom.